The number of carbonyl (C=O) groups is 2. The van der Waals surface area contributed by atoms with Crippen molar-refractivity contribution in [2.24, 2.45) is 0 Å². The Balaban J connectivity index is 2.54. The second kappa shape index (κ2) is 6.91. The molecule has 1 N–H and O–H groups in total. The average Bonchev–Trinajstić information content (AvgIpc) is 2.36. The molecule has 4 heteroatoms. The summed E-state index contributed by atoms with van der Waals surface area (Å²) in [6.07, 6.45) is 1.15. The van der Waals surface area contributed by atoms with Crippen LogP contribution in [0, 0.1) is 0 Å². The number of ether oxygens (including phenoxy) is 1. The van der Waals surface area contributed by atoms with E-state index < -0.39 is 0 Å². The molecule has 0 fully saturated rings. The first kappa shape index (κ1) is 14.4. The number of methoxy groups -OCH3 is 1. The Labute approximate surface area is 107 Å². The Morgan fingerprint density at radius 1 is 1.39 bits per heavy atom. The van der Waals surface area contributed by atoms with E-state index in [1.165, 1.54) is 6.92 Å². The number of amides is 1. The van der Waals surface area contributed by atoms with Gasteiger partial charge in [0.1, 0.15) is 0 Å². The smallest absolute Gasteiger partial charge is 0.224 e. The van der Waals surface area contributed by atoms with Crippen LogP contribution >= 0.6 is 0 Å². The fraction of sp³-hybridized carbons (Fsp3) is 0.429. The minimum Gasteiger partial charge on any atom is -0.382 e. The first-order valence-corrected chi connectivity index (χ1v) is 5.96. The fourth-order valence-electron chi connectivity index (χ4n) is 1.49. The maximum Gasteiger partial charge on any atom is 0.224 e. The lowest BCUT2D eigenvalue weighted by Gasteiger charge is -2.09. The SMILES string of the molecule is COC(C)CCC(=O)Nc1cccc(C(C)=O)c1. The van der Waals surface area contributed by atoms with E-state index >= 15 is 0 Å². The second-order valence-electron chi connectivity index (χ2n) is 4.27. The van der Waals surface area contributed by atoms with Gasteiger partial charge < -0.3 is 10.1 Å². The van der Waals surface area contributed by atoms with E-state index in [0.29, 0.717) is 24.1 Å². The molecule has 1 aromatic rings. The Kier molecular flexibility index (Phi) is 5.52. The summed E-state index contributed by atoms with van der Waals surface area (Å²) in [7, 11) is 1.62. The van der Waals surface area contributed by atoms with Gasteiger partial charge in [0, 0.05) is 24.8 Å². The number of ketones is 1. The van der Waals surface area contributed by atoms with Gasteiger partial charge in [-0.25, -0.2) is 0 Å². The summed E-state index contributed by atoms with van der Waals surface area (Å²) in [6, 6.07) is 6.93. The highest BCUT2D eigenvalue weighted by Crippen LogP contribution is 2.12. The molecule has 0 aliphatic heterocycles. The Hall–Kier alpha value is -1.68. The molecule has 98 valence electrons. The van der Waals surface area contributed by atoms with Crippen LogP contribution in [0.3, 0.4) is 0 Å². The van der Waals surface area contributed by atoms with Crippen molar-refractivity contribution in [3.05, 3.63) is 29.8 Å². The monoisotopic (exact) mass is 249 g/mol. The number of anilines is 1. The van der Waals surface area contributed by atoms with E-state index in [9.17, 15) is 9.59 Å². The zero-order valence-corrected chi connectivity index (χ0v) is 11.0. The summed E-state index contributed by atoms with van der Waals surface area (Å²) in [5.41, 5.74) is 1.25. The van der Waals surface area contributed by atoms with Gasteiger partial charge in [0.05, 0.1) is 6.10 Å². The molecule has 4 nitrogen and oxygen atoms in total. The Bertz CT molecular complexity index is 429. The van der Waals surface area contributed by atoms with Gasteiger partial charge in [0.15, 0.2) is 5.78 Å². The predicted molar refractivity (Wildman–Crippen MR) is 70.8 cm³/mol. The van der Waals surface area contributed by atoms with Gasteiger partial charge in [-0.1, -0.05) is 12.1 Å². The Morgan fingerprint density at radius 2 is 2.11 bits per heavy atom. The number of Topliss-reactive ketones (excluding diaryl/α,β-unsaturated/α-hetero) is 1. The van der Waals surface area contributed by atoms with Crippen LogP contribution in [0.25, 0.3) is 0 Å². The molecular weight excluding hydrogens is 230 g/mol. The molecule has 1 aromatic carbocycles. The molecule has 1 amide bonds. The maximum atomic E-state index is 11.7. The standard InChI is InChI=1S/C14H19NO3/c1-10(18-3)7-8-14(17)15-13-6-4-5-12(9-13)11(2)16/h4-6,9-10H,7-8H2,1-3H3,(H,15,17). The summed E-state index contributed by atoms with van der Waals surface area (Å²) in [5, 5.41) is 2.77. The van der Waals surface area contributed by atoms with Crippen LogP contribution in [0.4, 0.5) is 5.69 Å². The fourth-order valence-corrected chi connectivity index (χ4v) is 1.49. The lowest BCUT2D eigenvalue weighted by Crippen LogP contribution is -2.15. The van der Waals surface area contributed by atoms with Gasteiger partial charge in [0.25, 0.3) is 0 Å². The highest BCUT2D eigenvalue weighted by atomic mass is 16.5. The van der Waals surface area contributed by atoms with Crippen LogP contribution in [0.2, 0.25) is 0 Å². The van der Waals surface area contributed by atoms with E-state index in [4.69, 9.17) is 4.74 Å². The van der Waals surface area contributed by atoms with E-state index in [1.54, 1.807) is 31.4 Å². The first-order valence-electron chi connectivity index (χ1n) is 5.96. The first-order chi connectivity index (χ1) is 8.52. The number of benzene rings is 1. The molecule has 0 radical (unpaired) electrons. The van der Waals surface area contributed by atoms with E-state index in [-0.39, 0.29) is 17.8 Å². The van der Waals surface area contributed by atoms with Crippen LogP contribution in [0.15, 0.2) is 24.3 Å². The number of nitrogens with one attached hydrogen (secondary N) is 1. The topological polar surface area (TPSA) is 55.4 Å². The van der Waals surface area contributed by atoms with Crippen LogP contribution in [-0.4, -0.2) is 24.9 Å². The van der Waals surface area contributed by atoms with Crippen molar-refractivity contribution in [3.63, 3.8) is 0 Å². The summed E-state index contributed by atoms with van der Waals surface area (Å²) in [4.78, 5) is 22.9. The summed E-state index contributed by atoms with van der Waals surface area (Å²) >= 11 is 0. The largest absolute Gasteiger partial charge is 0.382 e. The van der Waals surface area contributed by atoms with Gasteiger partial charge in [-0.05, 0) is 32.4 Å². The number of hydrogen-bond acceptors (Lipinski definition) is 3. The molecule has 1 unspecified atom stereocenters. The van der Waals surface area contributed by atoms with Crippen LogP contribution in [-0.2, 0) is 9.53 Å². The molecule has 0 aliphatic rings. The molecule has 1 rings (SSSR count). The summed E-state index contributed by atoms with van der Waals surface area (Å²) in [5.74, 6) is -0.0845. The molecule has 0 spiro atoms. The van der Waals surface area contributed by atoms with E-state index in [1.807, 2.05) is 6.92 Å². The third-order valence-corrected chi connectivity index (χ3v) is 2.73. The number of hydrogen-bond donors (Lipinski definition) is 1. The quantitative estimate of drug-likeness (QED) is 0.788. The van der Waals surface area contributed by atoms with Crippen molar-refractivity contribution in [1.29, 1.82) is 0 Å². The lowest BCUT2D eigenvalue weighted by molar-refractivity contribution is -0.116. The predicted octanol–water partition coefficient (Wildman–Crippen LogP) is 2.64. The van der Waals surface area contributed by atoms with Gasteiger partial charge in [-0.15, -0.1) is 0 Å². The highest BCUT2D eigenvalue weighted by molar-refractivity contribution is 5.97. The molecular formula is C14H19NO3. The lowest BCUT2D eigenvalue weighted by atomic mass is 10.1. The third kappa shape index (κ3) is 4.67. The zero-order valence-electron chi connectivity index (χ0n) is 11.0. The molecule has 0 bridgehead atoms. The van der Waals surface area contributed by atoms with Crippen molar-refractivity contribution >= 4 is 17.4 Å². The van der Waals surface area contributed by atoms with E-state index in [2.05, 4.69) is 5.32 Å². The molecule has 0 aromatic heterocycles. The Morgan fingerprint density at radius 3 is 2.72 bits per heavy atom. The molecule has 0 saturated carbocycles. The molecule has 0 aliphatic carbocycles. The second-order valence-corrected chi connectivity index (χ2v) is 4.27. The van der Waals surface area contributed by atoms with E-state index in [0.717, 1.165) is 0 Å². The van der Waals surface area contributed by atoms with Crippen LogP contribution in [0.1, 0.15) is 37.0 Å². The van der Waals surface area contributed by atoms with Gasteiger partial charge >= 0.3 is 0 Å². The normalized spacial score (nSPS) is 11.9. The van der Waals surface area contributed by atoms with Crippen molar-refractivity contribution < 1.29 is 14.3 Å². The van der Waals surface area contributed by atoms with Crippen molar-refractivity contribution in [2.75, 3.05) is 12.4 Å². The zero-order chi connectivity index (χ0) is 13.5. The van der Waals surface area contributed by atoms with Crippen molar-refractivity contribution in [2.45, 2.75) is 32.8 Å². The van der Waals surface area contributed by atoms with Crippen LogP contribution < -0.4 is 5.32 Å². The maximum absolute atomic E-state index is 11.7. The van der Waals surface area contributed by atoms with Gasteiger partial charge in [-0.2, -0.15) is 0 Å². The summed E-state index contributed by atoms with van der Waals surface area (Å²) in [6.45, 7) is 3.42. The minimum atomic E-state index is -0.0698. The number of rotatable bonds is 6. The number of carbonyl (C=O) groups excluding carboxylic acids is 2. The average molecular weight is 249 g/mol. The molecule has 0 saturated heterocycles. The van der Waals surface area contributed by atoms with Gasteiger partial charge in [0.2, 0.25) is 5.91 Å². The highest BCUT2D eigenvalue weighted by Gasteiger charge is 2.07. The molecule has 0 heterocycles. The minimum absolute atomic E-state index is 0.0147. The van der Waals surface area contributed by atoms with Crippen molar-refractivity contribution in [1.82, 2.24) is 0 Å². The van der Waals surface area contributed by atoms with Crippen LogP contribution in [0.5, 0.6) is 0 Å². The molecule has 1 atom stereocenters. The summed E-state index contributed by atoms with van der Waals surface area (Å²) < 4.78 is 5.08. The molecule has 18 heavy (non-hydrogen) atoms. The third-order valence-electron chi connectivity index (χ3n) is 2.73. The van der Waals surface area contributed by atoms with Crippen molar-refractivity contribution in [3.8, 4) is 0 Å². The van der Waals surface area contributed by atoms with Gasteiger partial charge in [-0.3, -0.25) is 9.59 Å².